The van der Waals surface area contributed by atoms with E-state index < -0.39 is 0 Å². The molecule has 1 amide bonds. The molecule has 126 valence electrons. The summed E-state index contributed by atoms with van der Waals surface area (Å²) in [6.45, 7) is 2.59. The molecule has 0 aliphatic rings. The lowest BCUT2D eigenvalue weighted by Crippen LogP contribution is -2.31. The number of carbonyl (C=O) groups is 2. The summed E-state index contributed by atoms with van der Waals surface area (Å²) in [6, 6.07) is 11.4. The van der Waals surface area contributed by atoms with Crippen LogP contribution in [-0.2, 0) is 20.9 Å². The van der Waals surface area contributed by atoms with E-state index in [1.165, 1.54) is 13.2 Å². The summed E-state index contributed by atoms with van der Waals surface area (Å²) in [5, 5.41) is 0. The number of carbonyl (C=O) groups excluding carboxylic acids is 2. The van der Waals surface area contributed by atoms with Gasteiger partial charge in [0.2, 0.25) is 5.91 Å². The van der Waals surface area contributed by atoms with Gasteiger partial charge in [-0.25, -0.2) is 0 Å². The molecule has 2 rings (SSSR count). The molecule has 0 spiro atoms. The molecule has 0 bridgehead atoms. The third-order valence-corrected chi connectivity index (χ3v) is 3.55. The number of nitrogens with zero attached hydrogens (tertiary/aromatic N) is 1. The Morgan fingerprint density at radius 1 is 1.21 bits per heavy atom. The fourth-order valence-electron chi connectivity index (χ4n) is 2.14. The smallest absolute Gasteiger partial charge is 0.307 e. The van der Waals surface area contributed by atoms with Crippen molar-refractivity contribution in [3.8, 4) is 0 Å². The number of ether oxygens (including phenoxy) is 1. The minimum absolute atomic E-state index is 0.140. The van der Waals surface area contributed by atoms with Crippen molar-refractivity contribution in [2.24, 2.45) is 0 Å². The Labute approximate surface area is 141 Å². The van der Waals surface area contributed by atoms with Gasteiger partial charge in [-0.15, -0.1) is 0 Å². The van der Waals surface area contributed by atoms with Crippen LogP contribution >= 0.6 is 0 Å². The van der Waals surface area contributed by atoms with Crippen molar-refractivity contribution < 1.29 is 18.7 Å². The van der Waals surface area contributed by atoms with Crippen molar-refractivity contribution >= 4 is 18.0 Å². The maximum atomic E-state index is 12.5. The van der Waals surface area contributed by atoms with Gasteiger partial charge in [-0.2, -0.15) is 0 Å². The Balaban J connectivity index is 2.04. The van der Waals surface area contributed by atoms with Crippen molar-refractivity contribution in [3.05, 3.63) is 65.6 Å². The van der Waals surface area contributed by atoms with Gasteiger partial charge >= 0.3 is 5.97 Å². The van der Waals surface area contributed by atoms with Crippen LogP contribution in [0.2, 0.25) is 0 Å². The first-order valence-corrected chi connectivity index (χ1v) is 7.71. The van der Waals surface area contributed by atoms with E-state index >= 15 is 0 Å². The van der Waals surface area contributed by atoms with Crippen LogP contribution in [0.3, 0.4) is 0 Å². The number of hydrogen-bond donors (Lipinski definition) is 0. The standard InChI is InChI=1S/C19H21NO4/c1-15-5-7-16(8-6-15)9-10-18(21)20(12-11-19(22)23-2)14-17-4-3-13-24-17/h3-10,13H,11-12,14H2,1-2H3/b10-9+. The van der Waals surface area contributed by atoms with Crippen molar-refractivity contribution in [1.82, 2.24) is 4.90 Å². The van der Waals surface area contributed by atoms with Gasteiger partial charge in [0.1, 0.15) is 5.76 Å². The average Bonchev–Trinajstić information content (AvgIpc) is 3.10. The van der Waals surface area contributed by atoms with E-state index in [1.807, 2.05) is 31.2 Å². The monoisotopic (exact) mass is 327 g/mol. The van der Waals surface area contributed by atoms with E-state index in [4.69, 9.17) is 4.42 Å². The van der Waals surface area contributed by atoms with E-state index in [0.29, 0.717) is 12.3 Å². The van der Waals surface area contributed by atoms with Gasteiger partial charge in [0, 0.05) is 12.6 Å². The maximum Gasteiger partial charge on any atom is 0.307 e. The van der Waals surface area contributed by atoms with Gasteiger partial charge in [0.05, 0.1) is 26.3 Å². The van der Waals surface area contributed by atoms with Gasteiger partial charge in [-0.05, 0) is 30.7 Å². The van der Waals surface area contributed by atoms with Gasteiger partial charge in [-0.3, -0.25) is 9.59 Å². The number of amides is 1. The molecule has 5 heteroatoms. The third-order valence-electron chi connectivity index (χ3n) is 3.55. The molecule has 2 aromatic rings. The topological polar surface area (TPSA) is 59.8 Å². The summed E-state index contributed by atoms with van der Waals surface area (Å²) in [5.74, 6) is 0.127. The molecule has 0 radical (unpaired) electrons. The van der Waals surface area contributed by atoms with Crippen molar-refractivity contribution in [2.75, 3.05) is 13.7 Å². The van der Waals surface area contributed by atoms with Crippen LogP contribution in [0, 0.1) is 6.92 Å². The van der Waals surface area contributed by atoms with Crippen LogP contribution < -0.4 is 0 Å². The Bertz CT molecular complexity index is 687. The highest BCUT2D eigenvalue weighted by atomic mass is 16.5. The van der Waals surface area contributed by atoms with Crippen molar-refractivity contribution in [3.63, 3.8) is 0 Å². The first kappa shape index (κ1) is 17.5. The molecule has 0 atom stereocenters. The molecular weight excluding hydrogens is 306 g/mol. The predicted molar refractivity (Wildman–Crippen MR) is 91.0 cm³/mol. The minimum atomic E-state index is -0.352. The van der Waals surface area contributed by atoms with Crippen LogP contribution in [0.5, 0.6) is 0 Å². The second kappa shape index (κ2) is 8.72. The Kier molecular flexibility index (Phi) is 6.37. The van der Waals surface area contributed by atoms with Crippen molar-refractivity contribution in [2.45, 2.75) is 19.9 Å². The summed E-state index contributed by atoms with van der Waals surface area (Å²) >= 11 is 0. The maximum absolute atomic E-state index is 12.5. The van der Waals surface area contributed by atoms with E-state index in [9.17, 15) is 9.59 Å². The van der Waals surface area contributed by atoms with Crippen LogP contribution in [0.25, 0.3) is 6.08 Å². The second-order valence-corrected chi connectivity index (χ2v) is 5.41. The summed E-state index contributed by atoms with van der Waals surface area (Å²) in [6.07, 6.45) is 4.96. The highest BCUT2D eigenvalue weighted by Crippen LogP contribution is 2.09. The quantitative estimate of drug-likeness (QED) is 0.579. The number of esters is 1. The zero-order valence-electron chi connectivity index (χ0n) is 13.9. The molecule has 24 heavy (non-hydrogen) atoms. The minimum Gasteiger partial charge on any atom is -0.469 e. The van der Waals surface area contributed by atoms with E-state index in [0.717, 1.165) is 11.1 Å². The molecular formula is C19H21NO4. The molecule has 1 heterocycles. The fraction of sp³-hybridized carbons (Fsp3) is 0.263. The lowest BCUT2D eigenvalue weighted by Gasteiger charge is -2.19. The van der Waals surface area contributed by atoms with Gasteiger partial charge in [-0.1, -0.05) is 29.8 Å². The summed E-state index contributed by atoms with van der Waals surface area (Å²) in [4.78, 5) is 25.4. The van der Waals surface area contributed by atoms with Crippen molar-refractivity contribution in [1.29, 1.82) is 0 Å². The number of hydrogen-bond acceptors (Lipinski definition) is 4. The molecule has 0 fully saturated rings. The third kappa shape index (κ3) is 5.43. The molecule has 0 saturated heterocycles. The fourth-order valence-corrected chi connectivity index (χ4v) is 2.14. The van der Waals surface area contributed by atoms with Crippen LogP contribution in [-0.4, -0.2) is 30.4 Å². The largest absolute Gasteiger partial charge is 0.469 e. The number of furan rings is 1. The first-order chi connectivity index (χ1) is 11.6. The summed E-state index contributed by atoms with van der Waals surface area (Å²) in [5.41, 5.74) is 2.11. The van der Waals surface area contributed by atoms with Gasteiger partial charge < -0.3 is 14.1 Å². The highest BCUT2D eigenvalue weighted by molar-refractivity contribution is 5.92. The zero-order chi connectivity index (χ0) is 17.4. The SMILES string of the molecule is COC(=O)CCN(Cc1ccco1)C(=O)/C=C/c1ccc(C)cc1. The molecule has 1 aromatic carbocycles. The second-order valence-electron chi connectivity index (χ2n) is 5.41. The number of methoxy groups -OCH3 is 1. The van der Waals surface area contributed by atoms with Crippen LogP contribution in [0.4, 0.5) is 0 Å². The van der Waals surface area contributed by atoms with E-state index in [2.05, 4.69) is 4.74 Å². The average molecular weight is 327 g/mol. The molecule has 5 nitrogen and oxygen atoms in total. The number of aryl methyl sites for hydroxylation is 1. The van der Waals surface area contributed by atoms with Gasteiger partial charge in [0.15, 0.2) is 0 Å². The normalized spacial score (nSPS) is 10.8. The Hall–Kier alpha value is -2.82. The molecule has 0 unspecified atom stereocenters. The molecule has 0 N–H and O–H groups in total. The number of benzene rings is 1. The summed E-state index contributed by atoms with van der Waals surface area (Å²) < 4.78 is 9.93. The molecule has 0 aliphatic carbocycles. The molecule has 1 aromatic heterocycles. The summed E-state index contributed by atoms with van der Waals surface area (Å²) in [7, 11) is 1.33. The van der Waals surface area contributed by atoms with Gasteiger partial charge in [0.25, 0.3) is 0 Å². The van der Waals surface area contributed by atoms with E-state index in [1.54, 1.807) is 29.4 Å². The lowest BCUT2D eigenvalue weighted by molar-refractivity contribution is -0.141. The lowest BCUT2D eigenvalue weighted by atomic mass is 10.1. The molecule has 0 aliphatic heterocycles. The first-order valence-electron chi connectivity index (χ1n) is 7.71. The zero-order valence-corrected chi connectivity index (χ0v) is 13.9. The Morgan fingerprint density at radius 3 is 2.58 bits per heavy atom. The van der Waals surface area contributed by atoms with Crippen LogP contribution in [0.1, 0.15) is 23.3 Å². The molecule has 0 saturated carbocycles. The highest BCUT2D eigenvalue weighted by Gasteiger charge is 2.14. The number of rotatable bonds is 7. The Morgan fingerprint density at radius 2 is 1.96 bits per heavy atom. The van der Waals surface area contributed by atoms with Crippen LogP contribution in [0.15, 0.2) is 53.2 Å². The van der Waals surface area contributed by atoms with E-state index in [-0.39, 0.29) is 24.8 Å². The predicted octanol–water partition coefficient (Wildman–Crippen LogP) is 3.19.